The number of para-hydroxylation sites is 2. The van der Waals surface area contributed by atoms with Crippen LogP contribution in [0.5, 0.6) is 0 Å². The van der Waals surface area contributed by atoms with E-state index in [9.17, 15) is 4.79 Å². The van der Waals surface area contributed by atoms with Crippen LogP contribution >= 0.6 is 11.8 Å². The number of nitrogens with one attached hydrogen (secondary N) is 3. The smallest absolute Gasteiger partial charge is 0.257 e. The number of amides is 1. The molecule has 0 saturated carbocycles. The highest BCUT2D eigenvalue weighted by molar-refractivity contribution is 7.98. The Bertz CT molecular complexity index is 1430. The Morgan fingerprint density at radius 2 is 1.57 bits per heavy atom. The molecule has 0 radical (unpaired) electrons. The SMILES string of the molecule is CSc1ccc(C2Nc3c(C(=O)Nc4ccc(Nc5ccccc5)cc4)cccc3C3C=CCC32)cc1. The number of hydrogen-bond donors (Lipinski definition) is 3. The largest absolute Gasteiger partial charge is 0.377 e. The molecular formula is C32H29N3OS. The first-order chi connectivity index (χ1) is 18.2. The molecule has 3 atom stereocenters. The minimum atomic E-state index is -0.106. The second-order valence-corrected chi connectivity index (χ2v) is 10.4. The van der Waals surface area contributed by atoms with Crippen molar-refractivity contribution in [1.29, 1.82) is 0 Å². The van der Waals surface area contributed by atoms with Gasteiger partial charge >= 0.3 is 0 Å². The molecular weight excluding hydrogens is 474 g/mol. The number of rotatable bonds is 6. The lowest BCUT2D eigenvalue weighted by atomic mass is 9.76. The second kappa shape index (κ2) is 10.2. The molecule has 4 aromatic rings. The first-order valence-electron chi connectivity index (χ1n) is 12.6. The van der Waals surface area contributed by atoms with Gasteiger partial charge in [0.25, 0.3) is 5.91 Å². The Hall–Kier alpha value is -3.96. The van der Waals surface area contributed by atoms with Gasteiger partial charge in [0.1, 0.15) is 0 Å². The van der Waals surface area contributed by atoms with E-state index in [2.05, 4.69) is 64.7 Å². The van der Waals surface area contributed by atoms with Gasteiger partial charge in [-0.1, -0.05) is 54.6 Å². The predicted octanol–water partition coefficient (Wildman–Crippen LogP) is 8.23. The van der Waals surface area contributed by atoms with Gasteiger partial charge in [0, 0.05) is 27.9 Å². The number of fused-ring (bicyclic) bond motifs is 3. The summed E-state index contributed by atoms with van der Waals surface area (Å²) < 4.78 is 0. The van der Waals surface area contributed by atoms with Gasteiger partial charge in [-0.15, -0.1) is 11.8 Å². The van der Waals surface area contributed by atoms with E-state index >= 15 is 0 Å². The van der Waals surface area contributed by atoms with Gasteiger partial charge in [-0.25, -0.2) is 0 Å². The summed E-state index contributed by atoms with van der Waals surface area (Å²) in [5, 5.41) is 10.3. The maximum atomic E-state index is 13.5. The Balaban J connectivity index is 1.24. The van der Waals surface area contributed by atoms with E-state index in [4.69, 9.17) is 0 Å². The van der Waals surface area contributed by atoms with Crippen LogP contribution in [0.4, 0.5) is 22.7 Å². The number of allylic oxidation sites excluding steroid dienone is 2. The van der Waals surface area contributed by atoms with E-state index in [0.29, 0.717) is 17.4 Å². The Morgan fingerprint density at radius 1 is 0.838 bits per heavy atom. The molecule has 184 valence electrons. The summed E-state index contributed by atoms with van der Waals surface area (Å²) in [6, 6.07) is 32.9. The maximum Gasteiger partial charge on any atom is 0.257 e. The molecule has 37 heavy (non-hydrogen) atoms. The molecule has 0 bridgehead atoms. The molecule has 6 rings (SSSR count). The average molecular weight is 504 g/mol. The number of carbonyl (C=O) groups excluding carboxylic acids is 1. The third kappa shape index (κ3) is 4.75. The predicted molar refractivity (Wildman–Crippen MR) is 155 cm³/mol. The third-order valence-corrected chi connectivity index (χ3v) is 8.07. The summed E-state index contributed by atoms with van der Waals surface area (Å²) >= 11 is 1.75. The van der Waals surface area contributed by atoms with E-state index in [-0.39, 0.29) is 11.9 Å². The van der Waals surface area contributed by atoms with E-state index in [1.54, 1.807) is 11.8 Å². The molecule has 4 aromatic carbocycles. The highest BCUT2D eigenvalue weighted by Crippen LogP contribution is 2.50. The molecule has 1 aliphatic heterocycles. The molecule has 3 unspecified atom stereocenters. The van der Waals surface area contributed by atoms with Crippen molar-refractivity contribution < 1.29 is 4.79 Å². The fourth-order valence-corrected chi connectivity index (χ4v) is 5.88. The molecule has 5 heteroatoms. The van der Waals surface area contributed by atoms with Gasteiger partial charge in [0.2, 0.25) is 0 Å². The number of anilines is 4. The van der Waals surface area contributed by atoms with Crippen molar-refractivity contribution in [2.24, 2.45) is 5.92 Å². The molecule has 1 amide bonds. The molecule has 0 spiro atoms. The van der Waals surface area contributed by atoms with Crippen LogP contribution in [-0.4, -0.2) is 12.2 Å². The summed E-state index contributed by atoms with van der Waals surface area (Å²) in [5.41, 5.74) is 6.84. The number of benzene rings is 4. The molecule has 0 saturated heterocycles. The van der Waals surface area contributed by atoms with Gasteiger partial charge < -0.3 is 16.0 Å². The van der Waals surface area contributed by atoms with E-state index < -0.39 is 0 Å². The lowest BCUT2D eigenvalue weighted by molar-refractivity contribution is 0.102. The van der Waals surface area contributed by atoms with Crippen LogP contribution in [0, 0.1) is 5.92 Å². The van der Waals surface area contributed by atoms with Crippen molar-refractivity contribution in [2.75, 3.05) is 22.2 Å². The fraction of sp³-hybridized carbons (Fsp3) is 0.156. The van der Waals surface area contributed by atoms with Gasteiger partial charge in [0.05, 0.1) is 17.3 Å². The van der Waals surface area contributed by atoms with Crippen LogP contribution in [0.1, 0.15) is 39.9 Å². The van der Waals surface area contributed by atoms with E-state index in [0.717, 1.165) is 29.2 Å². The molecule has 0 aromatic heterocycles. The minimum Gasteiger partial charge on any atom is -0.377 e. The maximum absolute atomic E-state index is 13.5. The molecule has 0 fully saturated rings. The molecule has 1 aliphatic carbocycles. The van der Waals surface area contributed by atoms with Crippen LogP contribution in [0.25, 0.3) is 0 Å². The standard InChI is InChI=1S/C32H29N3OS/c1-37-25-19-13-21(14-20-25)30-27-10-5-9-26(27)28-11-6-12-29(31(28)35-30)32(36)34-24-17-15-23(16-18-24)33-22-7-3-2-4-8-22/h2-9,11-20,26-27,30,33,35H,10H2,1H3,(H,34,36). The summed E-state index contributed by atoms with van der Waals surface area (Å²) in [4.78, 5) is 14.7. The van der Waals surface area contributed by atoms with Gasteiger partial charge in [-0.2, -0.15) is 0 Å². The summed E-state index contributed by atoms with van der Waals surface area (Å²) in [5.74, 6) is 0.637. The van der Waals surface area contributed by atoms with Crippen molar-refractivity contribution in [2.45, 2.75) is 23.3 Å². The van der Waals surface area contributed by atoms with Crippen molar-refractivity contribution >= 4 is 40.4 Å². The highest BCUT2D eigenvalue weighted by Gasteiger charge is 2.39. The lowest BCUT2D eigenvalue weighted by Crippen LogP contribution is -2.30. The van der Waals surface area contributed by atoms with Crippen LogP contribution in [-0.2, 0) is 0 Å². The highest BCUT2D eigenvalue weighted by atomic mass is 32.2. The Kier molecular flexibility index (Phi) is 6.46. The van der Waals surface area contributed by atoms with Crippen LogP contribution in [0.15, 0.2) is 114 Å². The molecule has 1 heterocycles. The Labute approximate surface area is 222 Å². The van der Waals surface area contributed by atoms with E-state index in [1.165, 1.54) is 16.0 Å². The Morgan fingerprint density at radius 3 is 2.32 bits per heavy atom. The zero-order valence-corrected chi connectivity index (χ0v) is 21.5. The topological polar surface area (TPSA) is 53.2 Å². The molecule has 2 aliphatic rings. The molecule has 3 N–H and O–H groups in total. The third-order valence-electron chi connectivity index (χ3n) is 7.32. The lowest BCUT2D eigenvalue weighted by Gasteiger charge is -2.38. The molecule has 4 nitrogen and oxygen atoms in total. The number of hydrogen-bond acceptors (Lipinski definition) is 4. The summed E-state index contributed by atoms with van der Waals surface area (Å²) in [7, 11) is 0. The number of carbonyl (C=O) groups is 1. The van der Waals surface area contributed by atoms with E-state index in [1.807, 2.05) is 66.7 Å². The van der Waals surface area contributed by atoms with Crippen LogP contribution in [0.3, 0.4) is 0 Å². The minimum absolute atomic E-state index is 0.106. The van der Waals surface area contributed by atoms with Gasteiger partial charge in [-0.05, 0) is 84.3 Å². The van der Waals surface area contributed by atoms with Gasteiger partial charge in [-0.3, -0.25) is 4.79 Å². The van der Waals surface area contributed by atoms with Crippen molar-refractivity contribution in [3.05, 3.63) is 126 Å². The number of thioether (sulfide) groups is 1. The van der Waals surface area contributed by atoms with Crippen molar-refractivity contribution in [1.82, 2.24) is 0 Å². The first-order valence-corrected chi connectivity index (χ1v) is 13.9. The second-order valence-electron chi connectivity index (χ2n) is 9.54. The monoisotopic (exact) mass is 503 g/mol. The van der Waals surface area contributed by atoms with Crippen molar-refractivity contribution in [3.8, 4) is 0 Å². The van der Waals surface area contributed by atoms with Crippen LogP contribution < -0.4 is 16.0 Å². The summed E-state index contributed by atoms with van der Waals surface area (Å²) in [6.45, 7) is 0. The average Bonchev–Trinajstić information content (AvgIpc) is 3.44. The van der Waals surface area contributed by atoms with Crippen LogP contribution in [0.2, 0.25) is 0 Å². The normalized spacial score (nSPS) is 19.4. The first kappa shape index (κ1) is 23.4. The fourth-order valence-electron chi connectivity index (χ4n) is 5.48. The van der Waals surface area contributed by atoms with Crippen molar-refractivity contribution in [3.63, 3.8) is 0 Å². The quantitative estimate of drug-likeness (QED) is 0.183. The zero-order chi connectivity index (χ0) is 25.2. The zero-order valence-electron chi connectivity index (χ0n) is 20.6. The van der Waals surface area contributed by atoms with Gasteiger partial charge in [0.15, 0.2) is 0 Å². The summed E-state index contributed by atoms with van der Waals surface area (Å²) in [6.07, 6.45) is 7.73.